The Balaban J connectivity index is 2.16. The van der Waals surface area contributed by atoms with Crippen LogP contribution in [-0.2, 0) is 23.6 Å². The molecule has 0 radical (unpaired) electrons. The van der Waals surface area contributed by atoms with Gasteiger partial charge < -0.3 is 4.57 Å². The average molecular weight is 332 g/mol. The zero-order valence-electron chi connectivity index (χ0n) is 11.4. The van der Waals surface area contributed by atoms with E-state index in [1.165, 1.54) is 0 Å². The van der Waals surface area contributed by atoms with Crippen molar-refractivity contribution < 1.29 is 4.21 Å². The molecular weight excluding hydrogens is 317 g/mol. The molecule has 2 aromatic rings. The van der Waals surface area contributed by atoms with Gasteiger partial charge in [-0.1, -0.05) is 29.3 Å². The van der Waals surface area contributed by atoms with Gasteiger partial charge in [-0.3, -0.25) is 4.21 Å². The van der Waals surface area contributed by atoms with Gasteiger partial charge in [0.05, 0.1) is 21.0 Å². The van der Waals surface area contributed by atoms with Crippen LogP contribution >= 0.6 is 23.2 Å². The number of aromatic nitrogens is 3. The molecule has 0 amide bonds. The van der Waals surface area contributed by atoms with Crippen LogP contribution in [0.1, 0.15) is 29.4 Å². The molecule has 0 aliphatic rings. The van der Waals surface area contributed by atoms with Gasteiger partial charge in [-0.2, -0.15) is 0 Å². The first-order valence-electron chi connectivity index (χ1n) is 6.07. The molecule has 1 aromatic heterocycles. The fourth-order valence-electron chi connectivity index (χ4n) is 1.75. The van der Waals surface area contributed by atoms with Crippen molar-refractivity contribution in [2.75, 3.05) is 0 Å². The molecule has 2 atom stereocenters. The fourth-order valence-corrected chi connectivity index (χ4v) is 3.26. The van der Waals surface area contributed by atoms with Crippen LogP contribution < -0.4 is 0 Å². The molecule has 2 rings (SSSR count). The first kappa shape index (κ1) is 15.5. The van der Waals surface area contributed by atoms with E-state index >= 15 is 0 Å². The van der Waals surface area contributed by atoms with Crippen LogP contribution in [0.4, 0.5) is 0 Å². The number of benzene rings is 1. The van der Waals surface area contributed by atoms with Crippen molar-refractivity contribution in [1.29, 1.82) is 0 Å². The minimum absolute atomic E-state index is 0.151. The number of nitrogens with zero attached hydrogens (tertiary/aromatic N) is 3. The number of hydrogen-bond donors (Lipinski definition) is 0. The zero-order chi connectivity index (χ0) is 14.9. The third-order valence-electron chi connectivity index (χ3n) is 3.26. The summed E-state index contributed by atoms with van der Waals surface area (Å²) in [4.78, 5) is 0. The maximum absolute atomic E-state index is 12.4. The zero-order valence-corrected chi connectivity index (χ0v) is 13.8. The monoisotopic (exact) mass is 331 g/mol. The van der Waals surface area contributed by atoms with Gasteiger partial charge in [-0.15, -0.1) is 10.2 Å². The third-order valence-corrected chi connectivity index (χ3v) is 5.60. The Hall–Kier alpha value is -0.910. The molecule has 0 unspecified atom stereocenters. The molecule has 0 saturated carbocycles. The van der Waals surface area contributed by atoms with E-state index in [-0.39, 0.29) is 5.25 Å². The second-order valence-electron chi connectivity index (χ2n) is 4.56. The van der Waals surface area contributed by atoms with Crippen LogP contribution in [0, 0.1) is 6.92 Å². The third kappa shape index (κ3) is 3.22. The lowest BCUT2D eigenvalue weighted by atomic mass is 10.2. The van der Waals surface area contributed by atoms with E-state index in [9.17, 15) is 4.21 Å². The minimum Gasteiger partial charge on any atom is -0.318 e. The molecule has 0 N–H and O–H groups in total. The van der Waals surface area contributed by atoms with E-state index in [2.05, 4.69) is 10.2 Å². The number of aryl methyl sites for hydroxylation is 1. The summed E-state index contributed by atoms with van der Waals surface area (Å²) in [5.41, 5.74) is 0.900. The van der Waals surface area contributed by atoms with Crippen LogP contribution in [0.15, 0.2) is 18.2 Å². The van der Waals surface area contributed by atoms with Gasteiger partial charge in [0.2, 0.25) is 0 Å². The van der Waals surface area contributed by atoms with Gasteiger partial charge in [0, 0.05) is 17.8 Å². The van der Waals surface area contributed by atoms with E-state index in [1.807, 2.05) is 31.5 Å². The predicted molar refractivity (Wildman–Crippen MR) is 82.5 cm³/mol. The van der Waals surface area contributed by atoms with Gasteiger partial charge >= 0.3 is 0 Å². The second kappa shape index (κ2) is 6.24. The molecule has 0 fully saturated rings. The van der Waals surface area contributed by atoms with Crippen LogP contribution in [0.25, 0.3) is 0 Å². The summed E-state index contributed by atoms with van der Waals surface area (Å²) in [6, 6.07) is 5.33. The van der Waals surface area contributed by atoms with E-state index in [1.54, 1.807) is 12.1 Å². The van der Waals surface area contributed by atoms with E-state index < -0.39 is 10.8 Å². The molecule has 4 nitrogen and oxygen atoms in total. The Bertz CT molecular complexity index is 657. The van der Waals surface area contributed by atoms with Gasteiger partial charge in [-0.25, -0.2) is 0 Å². The largest absolute Gasteiger partial charge is 0.318 e. The Morgan fingerprint density at radius 2 is 2.00 bits per heavy atom. The summed E-state index contributed by atoms with van der Waals surface area (Å²) >= 11 is 11.9. The van der Waals surface area contributed by atoms with Crippen molar-refractivity contribution in [2.24, 2.45) is 7.05 Å². The lowest BCUT2D eigenvalue weighted by Gasteiger charge is -2.12. The lowest BCUT2D eigenvalue weighted by molar-refractivity contribution is 0.671. The van der Waals surface area contributed by atoms with Crippen LogP contribution in [0.2, 0.25) is 10.0 Å². The Labute approximate surface area is 130 Å². The molecule has 0 aliphatic heterocycles. The van der Waals surface area contributed by atoms with Crippen molar-refractivity contribution in [2.45, 2.75) is 24.9 Å². The van der Waals surface area contributed by atoms with Crippen LogP contribution in [-0.4, -0.2) is 19.0 Å². The Morgan fingerprint density at radius 1 is 1.30 bits per heavy atom. The summed E-state index contributed by atoms with van der Waals surface area (Å²) in [7, 11) is 0.763. The lowest BCUT2D eigenvalue weighted by Crippen LogP contribution is -2.09. The molecule has 0 bridgehead atoms. The van der Waals surface area contributed by atoms with Crippen LogP contribution in [0.3, 0.4) is 0 Å². The highest BCUT2D eigenvalue weighted by molar-refractivity contribution is 7.84. The summed E-state index contributed by atoms with van der Waals surface area (Å²) < 4.78 is 14.3. The van der Waals surface area contributed by atoms with E-state index in [4.69, 9.17) is 23.2 Å². The molecule has 0 saturated heterocycles. The first-order valence-corrected chi connectivity index (χ1v) is 8.21. The van der Waals surface area contributed by atoms with Crippen molar-refractivity contribution in [1.82, 2.24) is 14.8 Å². The van der Waals surface area contributed by atoms with Crippen molar-refractivity contribution >= 4 is 34.0 Å². The molecule has 1 heterocycles. The summed E-state index contributed by atoms with van der Waals surface area (Å²) in [6.07, 6.45) is 0. The summed E-state index contributed by atoms with van der Waals surface area (Å²) in [5.74, 6) is 1.88. The van der Waals surface area contributed by atoms with Crippen molar-refractivity contribution in [3.63, 3.8) is 0 Å². The first-order chi connectivity index (χ1) is 9.40. The highest BCUT2D eigenvalue weighted by Gasteiger charge is 2.18. The molecule has 1 aromatic carbocycles. The maximum Gasteiger partial charge on any atom is 0.145 e. The molecule has 0 aliphatic carbocycles. The fraction of sp³-hybridized carbons (Fsp3) is 0.385. The number of hydrogen-bond acceptors (Lipinski definition) is 3. The normalized spacial score (nSPS) is 14.2. The average Bonchev–Trinajstić information content (AvgIpc) is 2.73. The quantitative estimate of drug-likeness (QED) is 0.862. The molecule has 0 spiro atoms. The Kier molecular flexibility index (Phi) is 4.83. The maximum atomic E-state index is 12.4. The second-order valence-corrected chi connectivity index (χ2v) is 7.13. The highest BCUT2D eigenvalue weighted by atomic mass is 35.5. The smallest absolute Gasteiger partial charge is 0.145 e. The van der Waals surface area contributed by atoms with Gasteiger partial charge in [0.1, 0.15) is 11.6 Å². The number of rotatable bonds is 4. The summed E-state index contributed by atoms with van der Waals surface area (Å²) in [5, 5.41) is 8.82. The minimum atomic E-state index is -1.10. The summed E-state index contributed by atoms with van der Waals surface area (Å²) in [6.45, 7) is 3.76. The molecular formula is C13H15Cl2N3OS. The molecule has 7 heteroatoms. The topological polar surface area (TPSA) is 47.8 Å². The van der Waals surface area contributed by atoms with E-state index in [0.717, 1.165) is 11.4 Å². The van der Waals surface area contributed by atoms with Crippen LogP contribution in [0.5, 0.6) is 0 Å². The van der Waals surface area contributed by atoms with Crippen molar-refractivity contribution in [3.8, 4) is 0 Å². The molecule has 108 valence electrons. The SMILES string of the molecule is Cc1nnc(C[S@@](=O)[C@H](C)c2ccc(Cl)c(Cl)c2)n1C. The van der Waals surface area contributed by atoms with Gasteiger partial charge in [0.25, 0.3) is 0 Å². The van der Waals surface area contributed by atoms with E-state index in [0.29, 0.717) is 21.6 Å². The number of halogens is 2. The predicted octanol–water partition coefficient (Wildman–Crippen LogP) is 3.44. The molecule has 20 heavy (non-hydrogen) atoms. The Morgan fingerprint density at radius 3 is 2.55 bits per heavy atom. The highest BCUT2D eigenvalue weighted by Crippen LogP contribution is 2.28. The van der Waals surface area contributed by atoms with Gasteiger partial charge in [0.15, 0.2) is 0 Å². The van der Waals surface area contributed by atoms with Gasteiger partial charge in [-0.05, 0) is 31.5 Å². The van der Waals surface area contributed by atoms with Crippen molar-refractivity contribution in [3.05, 3.63) is 45.5 Å². The standard InChI is InChI=1S/C13H15Cl2N3OS/c1-8(10-4-5-11(14)12(15)6-10)20(19)7-13-17-16-9(2)18(13)3/h4-6,8H,7H2,1-3H3/t8-,20-/m1/s1.